The summed E-state index contributed by atoms with van der Waals surface area (Å²) >= 11 is 11.9. The highest BCUT2D eigenvalue weighted by atomic mass is 35.5. The van der Waals surface area contributed by atoms with Gasteiger partial charge < -0.3 is 24.8 Å². The standard InChI is InChI=1S/C24H23Cl2FN4O3/c25-17-3-4-18(23(27)22(17)26)31-24-16-7-20(33-14-5-12-1-2-13(6-14)30-12)21(34-15-9-32-10-15)8-19(16)28-11-29-24/h3-4,7-8,11-15,30H,1-2,5-6,9-10H2,(H,28,29,31)/t12-,13+,14-. The van der Waals surface area contributed by atoms with Crippen molar-refractivity contribution in [3.05, 3.63) is 46.5 Å². The second-order valence-electron chi connectivity index (χ2n) is 9.01. The maximum Gasteiger partial charge on any atom is 0.166 e. The summed E-state index contributed by atoms with van der Waals surface area (Å²) < 4.78 is 32.6. The van der Waals surface area contributed by atoms with Crippen LogP contribution in [0, 0.1) is 5.82 Å². The molecule has 0 saturated carbocycles. The molecule has 0 unspecified atom stereocenters. The maximum absolute atomic E-state index is 14.7. The van der Waals surface area contributed by atoms with Gasteiger partial charge >= 0.3 is 0 Å². The van der Waals surface area contributed by atoms with E-state index in [0.717, 1.165) is 12.8 Å². The molecule has 0 spiro atoms. The van der Waals surface area contributed by atoms with E-state index in [2.05, 4.69) is 20.6 Å². The smallest absolute Gasteiger partial charge is 0.166 e. The molecule has 3 atom stereocenters. The summed E-state index contributed by atoms with van der Waals surface area (Å²) in [7, 11) is 0. The van der Waals surface area contributed by atoms with E-state index in [1.54, 1.807) is 0 Å². The van der Waals surface area contributed by atoms with Crippen molar-refractivity contribution in [2.45, 2.75) is 50.0 Å². The number of anilines is 2. The molecular formula is C24H23Cl2FN4O3. The summed E-state index contributed by atoms with van der Waals surface area (Å²) in [6.07, 6.45) is 5.75. The number of hydrogen-bond donors (Lipinski definition) is 2. The van der Waals surface area contributed by atoms with Crippen molar-refractivity contribution in [1.29, 1.82) is 0 Å². The fourth-order valence-corrected chi connectivity index (χ4v) is 5.15. The molecule has 3 saturated heterocycles. The summed E-state index contributed by atoms with van der Waals surface area (Å²) in [5.74, 6) is 1.03. The van der Waals surface area contributed by atoms with Gasteiger partial charge in [-0.15, -0.1) is 0 Å². The van der Waals surface area contributed by atoms with Crippen molar-refractivity contribution in [3.63, 3.8) is 0 Å². The van der Waals surface area contributed by atoms with Crippen LogP contribution < -0.4 is 20.1 Å². The molecule has 1 aromatic heterocycles. The first kappa shape index (κ1) is 22.1. The first-order valence-electron chi connectivity index (χ1n) is 11.4. The third kappa shape index (κ3) is 4.24. The van der Waals surface area contributed by atoms with Crippen molar-refractivity contribution < 1.29 is 18.6 Å². The Morgan fingerprint density at radius 2 is 1.74 bits per heavy atom. The first-order chi connectivity index (χ1) is 16.5. The number of ether oxygens (including phenoxy) is 3. The van der Waals surface area contributed by atoms with Gasteiger partial charge in [-0.25, -0.2) is 14.4 Å². The number of nitrogens with one attached hydrogen (secondary N) is 2. The quantitative estimate of drug-likeness (QED) is 0.443. The van der Waals surface area contributed by atoms with Crippen LogP contribution in [0.15, 0.2) is 30.6 Å². The van der Waals surface area contributed by atoms with Crippen LogP contribution >= 0.6 is 23.2 Å². The predicted molar refractivity (Wildman–Crippen MR) is 128 cm³/mol. The van der Waals surface area contributed by atoms with Crippen LogP contribution in [0.5, 0.6) is 11.5 Å². The Hall–Kier alpha value is -2.39. The van der Waals surface area contributed by atoms with E-state index < -0.39 is 5.82 Å². The van der Waals surface area contributed by atoms with Gasteiger partial charge in [0.05, 0.1) is 34.5 Å². The highest BCUT2D eigenvalue weighted by Crippen LogP contribution is 2.39. The van der Waals surface area contributed by atoms with Gasteiger partial charge in [0.2, 0.25) is 0 Å². The number of halogens is 3. The van der Waals surface area contributed by atoms with Gasteiger partial charge in [-0.1, -0.05) is 23.2 Å². The molecule has 34 heavy (non-hydrogen) atoms. The molecular weight excluding hydrogens is 482 g/mol. The van der Waals surface area contributed by atoms with Crippen LogP contribution in [0.4, 0.5) is 15.9 Å². The van der Waals surface area contributed by atoms with Crippen molar-refractivity contribution >= 4 is 45.6 Å². The monoisotopic (exact) mass is 504 g/mol. The van der Waals surface area contributed by atoms with Crippen molar-refractivity contribution in [2.24, 2.45) is 0 Å². The third-order valence-electron chi connectivity index (χ3n) is 6.61. The molecule has 3 aliphatic rings. The summed E-state index contributed by atoms with van der Waals surface area (Å²) in [5, 5.41) is 7.34. The number of rotatable bonds is 6. The average Bonchev–Trinajstić information content (AvgIpc) is 3.15. The van der Waals surface area contributed by atoms with Gasteiger partial charge in [0, 0.05) is 23.5 Å². The molecule has 0 radical (unpaired) electrons. The second-order valence-corrected chi connectivity index (χ2v) is 9.80. The lowest BCUT2D eigenvalue weighted by molar-refractivity contribution is -0.0807. The lowest BCUT2D eigenvalue weighted by atomic mass is 10.0. The Kier molecular flexibility index (Phi) is 5.85. The molecule has 10 heteroatoms. The van der Waals surface area contributed by atoms with E-state index in [9.17, 15) is 4.39 Å². The van der Waals surface area contributed by atoms with E-state index >= 15 is 0 Å². The minimum atomic E-state index is -0.646. The zero-order chi connectivity index (χ0) is 23.2. The molecule has 2 bridgehead atoms. The van der Waals surface area contributed by atoms with Crippen LogP contribution in [0.1, 0.15) is 25.7 Å². The van der Waals surface area contributed by atoms with Crippen molar-refractivity contribution in [2.75, 3.05) is 18.5 Å². The lowest BCUT2D eigenvalue weighted by Crippen LogP contribution is -2.42. The topological polar surface area (TPSA) is 77.5 Å². The van der Waals surface area contributed by atoms with Crippen LogP contribution in [0.3, 0.4) is 0 Å². The Labute approximate surface area is 205 Å². The minimum Gasteiger partial charge on any atom is -0.486 e. The number of piperidine rings is 1. The molecule has 2 N–H and O–H groups in total. The van der Waals surface area contributed by atoms with Crippen molar-refractivity contribution in [1.82, 2.24) is 15.3 Å². The van der Waals surface area contributed by atoms with Gasteiger partial charge in [0.1, 0.15) is 24.4 Å². The van der Waals surface area contributed by atoms with Crippen LogP contribution in [-0.2, 0) is 4.74 Å². The number of benzene rings is 2. The fourth-order valence-electron chi connectivity index (χ4n) is 4.84. The summed E-state index contributed by atoms with van der Waals surface area (Å²) in [6, 6.07) is 7.75. The molecule has 3 fully saturated rings. The van der Waals surface area contributed by atoms with E-state index in [-0.39, 0.29) is 27.9 Å². The SMILES string of the molecule is Fc1c(Nc2ncnc3cc(OC4COC4)c(O[C@@H]4C[C@H]5CC[C@@H](C4)N5)cc23)ccc(Cl)c1Cl. The van der Waals surface area contributed by atoms with E-state index in [0.29, 0.717) is 53.5 Å². The van der Waals surface area contributed by atoms with E-state index in [1.165, 1.54) is 31.3 Å². The van der Waals surface area contributed by atoms with Gasteiger partial charge in [0.25, 0.3) is 0 Å². The zero-order valence-corrected chi connectivity index (χ0v) is 19.7. The molecule has 6 rings (SSSR count). The zero-order valence-electron chi connectivity index (χ0n) is 18.2. The van der Waals surface area contributed by atoms with Gasteiger partial charge in [-0.2, -0.15) is 0 Å². The van der Waals surface area contributed by atoms with E-state index in [1.807, 2.05) is 12.1 Å². The van der Waals surface area contributed by atoms with Crippen LogP contribution in [-0.4, -0.2) is 47.5 Å². The Balaban J connectivity index is 1.36. The molecule has 4 heterocycles. The first-order valence-corrected chi connectivity index (χ1v) is 12.2. The third-order valence-corrected chi connectivity index (χ3v) is 7.39. The molecule has 7 nitrogen and oxygen atoms in total. The summed E-state index contributed by atoms with van der Waals surface area (Å²) in [5.41, 5.74) is 0.810. The molecule has 178 valence electrons. The summed E-state index contributed by atoms with van der Waals surface area (Å²) in [4.78, 5) is 8.75. The predicted octanol–water partition coefficient (Wildman–Crippen LogP) is 5.26. The second kappa shape index (κ2) is 9.00. The normalized spacial score (nSPS) is 24.1. The number of hydrogen-bond acceptors (Lipinski definition) is 7. The number of nitrogens with zero attached hydrogens (tertiary/aromatic N) is 2. The Morgan fingerprint density at radius 1 is 1.00 bits per heavy atom. The molecule has 3 aromatic rings. The molecule has 0 amide bonds. The van der Waals surface area contributed by atoms with Crippen molar-refractivity contribution in [3.8, 4) is 11.5 Å². The molecule has 2 aromatic carbocycles. The number of fused-ring (bicyclic) bond motifs is 3. The van der Waals surface area contributed by atoms with Crippen LogP contribution in [0.25, 0.3) is 10.9 Å². The molecule has 0 aliphatic carbocycles. The fraction of sp³-hybridized carbons (Fsp3) is 0.417. The van der Waals surface area contributed by atoms with Gasteiger partial charge in [-0.05, 0) is 43.9 Å². The Bertz CT molecular complexity index is 1230. The summed E-state index contributed by atoms with van der Waals surface area (Å²) in [6.45, 7) is 1.09. The van der Waals surface area contributed by atoms with E-state index in [4.69, 9.17) is 37.4 Å². The minimum absolute atomic E-state index is 0.0197. The van der Waals surface area contributed by atoms with Gasteiger partial charge in [-0.3, -0.25) is 0 Å². The highest BCUT2D eigenvalue weighted by Gasteiger charge is 2.35. The van der Waals surface area contributed by atoms with Gasteiger partial charge in [0.15, 0.2) is 17.3 Å². The maximum atomic E-state index is 14.7. The largest absolute Gasteiger partial charge is 0.486 e. The Morgan fingerprint density at radius 3 is 2.47 bits per heavy atom. The number of aromatic nitrogens is 2. The van der Waals surface area contributed by atoms with Crippen LogP contribution in [0.2, 0.25) is 10.0 Å². The average molecular weight is 505 g/mol. The molecule has 3 aliphatic heterocycles. The highest BCUT2D eigenvalue weighted by molar-refractivity contribution is 6.42. The lowest BCUT2D eigenvalue weighted by Gasteiger charge is -2.31.